The summed E-state index contributed by atoms with van der Waals surface area (Å²) in [6, 6.07) is 0. The second-order valence-electron chi connectivity index (χ2n) is 5.07. The number of rotatable bonds is 3. The molecule has 0 saturated carbocycles. The zero-order valence-corrected chi connectivity index (χ0v) is 10.6. The topological polar surface area (TPSA) is 61.5 Å². The van der Waals surface area contributed by atoms with Crippen LogP contribution in [0.1, 0.15) is 19.0 Å². The summed E-state index contributed by atoms with van der Waals surface area (Å²) in [4.78, 5) is 23.1. The largest absolute Gasteiger partial charge is 0.447 e. The van der Waals surface area contributed by atoms with Crippen LogP contribution >= 0.6 is 0 Å². The number of hydrogen-bond acceptors (Lipinski definition) is 4. The maximum Gasteiger partial charge on any atom is 0.410 e. The van der Waals surface area contributed by atoms with Gasteiger partial charge in [-0.25, -0.2) is 9.78 Å². The molecule has 0 radical (unpaired) electrons. The van der Waals surface area contributed by atoms with Crippen molar-refractivity contribution in [3.63, 3.8) is 0 Å². The highest BCUT2D eigenvalue weighted by Crippen LogP contribution is 2.31. The number of nitrogens with one attached hydrogen (secondary N) is 1. The number of carbonyl (C=O) groups excluding carboxylic acids is 1. The van der Waals surface area contributed by atoms with Crippen LogP contribution in [0.5, 0.6) is 0 Å². The van der Waals surface area contributed by atoms with Gasteiger partial charge < -0.3 is 9.72 Å². The Bertz CT molecular complexity index is 433. The first-order valence-electron chi connectivity index (χ1n) is 6.37. The van der Waals surface area contributed by atoms with Crippen molar-refractivity contribution in [1.82, 2.24) is 19.8 Å². The third-order valence-electron chi connectivity index (χ3n) is 4.02. The fourth-order valence-corrected chi connectivity index (χ4v) is 2.89. The Morgan fingerprint density at radius 1 is 1.56 bits per heavy atom. The minimum atomic E-state index is -0.155. The molecule has 2 aliphatic heterocycles. The van der Waals surface area contributed by atoms with E-state index in [-0.39, 0.29) is 11.6 Å². The lowest BCUT2D eigenvalue weighted by molar-refractivity contribution is 0.0444. The van der Waals surface area contributed by atoms with E-state index >= 15 is 0 Å². The Labute approximate surface area is 106 Å². The summed E-state index contributed by atoms with van der Waals surface area (Å²) in [6.45, 7) is 5.99. The standard InChI is InChI=1S/C12H18N4O2/c1-2-12-7-15(6-10-5-13-9-14-10)3-4-16(12)11(17)18-8-12/h5,9H,2-4,6-8H2,1H3,(H,13,14). The van der Waals surface area contributed by atoms with E-state index < -0.39 is 0 Å². The van der Waals surface area contributed by atoms with E-state index in [9.17, 15) is 4.79 Å². The zero-order valence-electron chi connectivity index (χ0n) is 10.6. The van der Waals surface area contributed by atoms with Crippen LogP contribution in [0.15, 0.2) is 12.5 Å². The lowest BCUT2D eigenvalue weighted by atomic mass is 9.93. The number of nitrogens with zero attached hydrogens (tertiary/aromatic N) is 3. The van der Waals surface area contributed by atoms with Gasteiger partial charge in [0.15, 0.2) is 0 Å². The minimum absolute atomic E-state index is 0.130. The third kappa shape index (κ3) is 1.77. The summed E-state index contributed by atoms with van der Waals surface area (Å²) >= 11 is 0. The van der Waals surface area contributed by atoms with E-state index in [2.05, 4.69) is 21.8 Å². The van der Waals surface area contributed by atoms with Crippen molar-refractivity contribution in [2.75, 3.05) is 26.2 Å². The molecule has 1 unspecified atom stereocenters. The van der Waals surface area contributed by atoms with Crippen molar-refractivity contribution in [3.05, 3.63) is 18.2 Å². The zero-order chi connectivity index (χ0) is 12.6. The average molecular weight is 250 g/mol. The monoisotopic (exact) mass is 250 g/mol. The molecule has 0 bridgehead atoms. The maximum absolute atomic E-state index is 11.7. The molecule has 0 aliphatic carbocycles. The first kappa shape index (κ1) is 11.5. The number of fused-ring (bicyclic) bond motifs is 1. The Balaban J connectivity index is 1.72. The summed E-state index contributed by atoms with van der Waals surface area (Å²) in [5.74, 6) is 0. The predicted octanol–water partition coefficient (Wildman–Crippen LogP) is 0.826. The first-order chi connectivity index (χ1) is 8.73. The molecule has 1 N–H and O–H groups in total. The highest BCUT2D eigenvalue weighted by atomic mass is 16.6. The number of aromatic nitrogens is 2. The molecule has 98 valence electrons. The van der Waals surface area contributed by atoms with Crippen molar-refractivity contribution < 1.29 is 9.53 Å². The van der Waals surface area contributed by atoms with E-state index in [0.717, 1.165) is 38.3 Å². The number of hydrogen-bond donors (Lipinski definition) is 1. The van der Waals surface area contributed by atoms with E-state index in [1.54, 1.807) is 6.33 Å². The second-order valence-corrected chi connectivity index (χ2v) is 5.07. The molecule has 0 spiro atoms. The van der Waals surface area contributed by atoms with Crippen LogP contribution < -0.4 is 0 Å². The van der Waals surface area contributed by atoms with Crippen molar-refractivity contribution in [3.8, 4) is 0 Å². The van der Waals surface area contributed by atoms with Gasteiger partial charge in [-0.1, -0.05) is 6.92 Å². The van der Waals surface area contributed by atoms with Crippen LogP contribution in [0, 0.1) is 0 Å². The van der Waals surface area contributed by atoms with Crippen molar-refractivity contribution >= 4 is 6.09 Å². The molecular formula is C12H18N4O2. The van der Waals surface area contributed by atoms with Gasteiger partial charge in [-0.2, -0.15) is 0 Å². The molecule has 6 nitrogen and oxygen atoms in total. The molecule has 3 rings (SSSR count). The number of carbonyl (C=O) groups is 1. The number of H-pyrrole nitrogens is 1. The number of aromatic amines is 1. The van der Waals surface area contributed by atoms with Gasteiger partial charge in [0.05, 0.1) is 11.9 Å². The lowest BCUT2D eigenvalue weighted by Gasteiger charge is -2.44. The van der Waals surface area contributed by atoms with Gasteiger partial charge in [-0.15, -0.1) is 0 Å². The van der Waals surface area contributed by atoms with Crippen LogP contribution in [0.25, 0.3) is 0 Å². The minimum Gasteiger partial charge on any atom is -0.447 e. The van der Waals surface area contributed by atoms with Gasteiger partial charge >= 0.3 is 6.09 Å². The molecule has 18 heavy (non-hydrogen) atoms. The number of amides is 1. The van der Waals surface area contributed by atoms with Gasteiger partial charge in [-0.05, 0) is 6.42 Å². The van der Waals surface area contributed by atoms with Crippen molar-refractivity contribution in [2.45, 2.75) is 25.4 Å². The Kier molecular flexibility index (Phi) is 2.74. The van der Waals surface area contributed by atoms with E-state index in [0.29, 0.717) is 6.61 Å². The third-order valence-corrected chi connectivity index (χ3v) is 4.02. The van der Waals surface area contributed by atoms with Gasteiger partial charge in [0, 0.05) is 38.1 Å². The molecule has 2 fully saturated rings. The van der Waals surface area contributed by atoms with Gasteiger partial charge in [-0.3, -0.25) is 9.80 Å². The maximum atomic E-state index is 11.7. The van der Waals surface area contributed by atoms with Crippen LogP contribution in [-0.2, 0) is 11.3 Å². The molecule has 0 aromatic carbocycles. The molecule has 6 heteroatoms. The Morgan fingerprint density at radius 3 is 3.17 bits per heavy atom. The van der Waals surface area contributed by atoms with Gasteiger partial charge in [0.2, 0.25) is 0 Å². The summed E-state index contributed by atoms with van der Waals surface area (Å²) in [5, 5.41) is 0. The Morgan fingerprint density at radius 2 is 2.44 bits per heavy atom. The normalized spacial score (nSPS) is 28.3. The van der Waals surface area contributed by atoms with E-state index in [1.165, 1.54) is 0 Å². The van der Waals surface area contributed by atoms with Crippen LogP contribution in [0.2, 0.25) is 0 Å². The number of cyclic esters (lactones) is 1. The smallest absolute Gasteiger partial charge is 0.410 e. The molecule has 1 aromatic rings. The van der Waals surface area contributed by atoms with E-state index in [1.807, 2.05) is 11.1 Å². The van der Waals surface area contributed by atoms with Gasteiger partial charge in [0.25, 0.3) is 0 Å². The van der Waals surface area contributed by atoms with Crippen LogP contribution in [0.3, 0.4) is 0 Å². The number of ether oxygens (including phenoxy) is 1. The predicted molar refractivity (Wildman–Crippen MR) is 64.9 cm³/mol. The number of piperazine rings is 1. The molecule has 3 heterocycles. The summed E-state index contributed by atoms with van der Waals surface area (Å²) < 4.78 is 5.22. The van der Waals surface area contributed by atoms with E-state index in [4.69, 9.17) is 4.74 Å². The SMILES string of the molecule is CCC12COC(=O)N1CCN(Cc1cnc[nH]1)C2. The van der Waals surface area contributed by atoms with Crippen LogP contribution in [0.4, 0.5) is 4.79 Å². The lowest BCUT2D eigenvalue weighted by Crippen LogP contribution is -2.60. The number of imidazole rings is 1. The Hall–Kier alpha value is -1.56. The average Bonchev–Trinajstić information content (AvgIpc) is 2.99. The quantitative estimate of drug-likeness (QED) is 0.863. The van der Waals surface area contributed by atoms with Gasteiger partial charge in [0.1, 0.15) is 6.61 Å². The molecular weight excluding hydrogens is 232 g/mol. The molecule has 1 aromatic heterocycles. The molecule has 1 atom stereocenters. The van der Waals surface area contributed by atoms with Crippen LogP contribution in [-0.4, -0.2) is 57.6 Å². The summed E-state index contributed by atoms with van der Waals surface area (Å²) in [7, 11) is 0. The van der Waals surface area contributed by atoms with Crippen molar-refractivity contribution in [2.24, 2.45) is 0 Å². The fraction of sp³-hybridized carbons (Fsp3) is 0.667. The van der Waals surface area contributed by atoms with Crippen molar-refractivity contribution in [1.29, 1.82) is 0 Å². The summed E-state index contributed by atoms with van der Waals surface area (Å²) in [5.41, 5.74) is 0.981. The molecule has 2 saturated heterocycles. The highest BCUT2D eigenvalue weighted by molar-refractivity contribution is 5.71. The second kappa shape index (κ2) is 4.28. The summed E-state index contributed by atoms with van der Waals surface area (Å²) in [6.07, 6.45) is 4.32. The molecule has 2 aliphatic rings. The first-order valence-corrected chi connectivity index (χ1v) is 6.37. The highest BCUT2D eigenvalue weighted by Gasteiger charge is 2.49. The molecule has 1 amide bonds. The fourth-order valence-electron chi connectivity index (χ4n) is 2.89.